The van der Waals surface area contributed by atoms with E-state index in [0.29, 0.717) is 18.4 Å². The highest BCUT2D eigenvalue weighted by molar-refractivity contribution is 7.89. The van der Waals surface area contributed by atoms with E-state index in [1.54, 1.807) is 19.1 Å². The number of sulfonamides is 1. The van der Waals surface area contributed by atoms with Crippen LogP contribution in [0, 0.1) is 23.0 Å². The van der Waals surface area contributed by atoms with Gasteiger partial charge in [0, 0.05) is 36.7 Å². The van der Waals surface area contributed by atoms with Crippen LogP contribution in [0.4, 0.5) is 11.7 Å². The van der Waals surface area contributed by atoms with Gasteiger partial charge in [0.1, 0.15) is 0 Å². The summed E-state index contributed by atoms with van der Waals surface area (Å²) in [6, 6.07) is 12.9. The van der Waals surface area contributed by atoms with E-state index in [1.165, 1.54) is 16.4 Å². The number of hydrogen-bond donors (Lipinski definition) is 1. The summed E-state index contributed by atoms with van der Waals surface area (Å²) in [6.07, 6.45) is 0.581. The quantitative estimate of drug-likeness (QED) is 0.426. The first-order valence-electron chi connectivity index (χ1n) is 10.2. The number of amides is 1. The van der Waals surface area contributed by atoms with Gasteiger partial charge in [-0.3, -0.25) is 20.2 Å². The minimum atomic E-state index is -3.93. The number of nitrogens with one attached hydrogen (secondary N) is 1. The second-order valence-electron chi connectivity index (χ2n) is 7.65. The maximum Gasteiger partial charge on any atom is 0.322 e. The Labute approximate surface area is 189 Å². The molecule has 1 fully saturated rings. The molecule has 0 radical (unpaired) electrons. The maximum absolute atomic E-state index is 13.1. The van der Waals surface area contributed by atoms with Crippen molar-refractivity contribution < 1.29 is 22.6 Å². The van der Waals surface area contributed by atoms with Gasteiger partial charge < -0.3 is 4.42 Å². The first kappa shape index (κ1) is 22.6. The van der Waals surface area contributed by atoms with Crippen LogP contribution in [-0.4, -0.2) is 46.8 Å². The van der Waals surface area contributed by atoms with Crippen molar-refractivity contribution in [3.05, 3.63) is 64.2 Å². The molecule has 0 unspecified atom stereocenters. The molecule has 1 aliphatic heterocycles. The van der Waals surface area contributed by atoms with E-state index < -0.39 is 20.9 Å². The number of non-ortho nitro benzene ring substituents is 1. The lowest BCUT2D eigenvalue weighted by Gasteiger charge is -2.30. The van der Waals surface area contributed by atoms with Crippen LogP contribution in [0.1, 0.15) is 18.4 Å². The summed E-state index contributed by atoms with van der Waals surface area (Å²) >= 11 is 0. The predicted molar refractivity (Wildman–Crippen MR) is 118 cm³/mol. The van der Waals surface area contributed by atoms with E-state index in [1.807, 2.05) is 18.2 Å². The average Bonchev–Trinajstić information content (AvgIpc) is 3.28. The fourth-order valence-electron chi connectivity index (χ4n) is 3.66. The number of carbonyl (C=O) groups is 1. The number of anilines is 1. The smallest absolute Gasteiger partial charge is 0.322 e. The van der Waals surface area contributed by atoms with Crippen LogP contribution in [0.25, 0.3) is 11.5 Å². The molecule has 0 spiro atoms. The first-order chi connectivity index (χ1) is 15.8. The molecule has 4 rings (SSSR count). The topological polar surface area (TPSA) is 149 Å². The number of aromatic nitrogens is 2. The van der Waals surface area contributed by atoms with Gasteiger partial charge in [0.05, 0.1) is 9.82 Å². The molecule has 1 N–H and O–H groups in total. The second-order valence-corrected chi connectivity index (χ2v) is 9.56. The zero-order valence-electron chi connectivity index (χ0n) is 17.7. The molecule has 0 aliphatic carbocycles. The lowest BCUT2D eigenvalue weighted by molar-refractivity contribution is -0.385. The second kappa shape index (κ2) is 9.08. The van der Waals surface area contributed by atoms with Crippen LogP contribution in [0.15, 0.2) is 57.8 Å². The minimum Gasteiger partial charge on any atom is -0.403 e. The van der Waals surface area contributed by atoms with Crippen molar-refractivity contribution in [2.45, 2.75) is 24.7 Å². The van der Waals surface area contributed by atoms with Gasteiger partial charge in [-0.15, -0.1) is 5.10 Å². The molecular formula is C21H21N5O6S. The molecule has 172 valence electrons. The zero-order valence-corrected chi connectivity index (χ0v) is 18.5. The van der Waals surface area contributed by atoms with Crippen LogP contribution in [0.2, 0.25) is 0 Å². The van der Waals surface area contributed by atoms with Crippen LogP contribution >= 0.6 is 0 Å². The maximum atomic E-state index is 13.1. The Balaban J connectivity index is 1.40. The highest BCUT2D eigenvalue weighted by Gasteiger charge is 2.34. The van der Waals surface area contributed by atoms with E-state index in [9.17, 15) is 23.3 Å². The van der Waals surface area contributed by atoms with Gasteiger partial charge in [0.2, 0.25) is 21.8 Å². The number of piperidine rings is 1. The van der Waals surface area contributed by atoms with Crippen molar-refractivity contribution in [1.29, 1.82) is 0 Å². The van der Waals surface area contributed by atoms with E-state index in [0.717, 1.165) is 11.6 Å². The van der Waals surface area contributed by atoms with Gasteiger partial charge in [0.25, 0.3) is 5.69 Å². The number of nitro benzene ring substituents is 1. The molecule has 0 atom stereocenters. The van der Waals surface area contributed by atoms with Gasteiger partial charge in [-0.2, -0.15) is 4.31 Å². The largest absolute Gasteiger partial charge is 0.403 e. The Morgan fingerprint density at radius 2 is 1.85 bits per heavy atom. The van der Waals surface area contributed by atoms with Crippen molar-refractivity contribution >= 4 is 27.6 Å². The molecule has 1 aliphatic rings. The van der Waals surface area contributed by atoms with Crippen molar-refractivity contribution in [1.82, 2.24) is 14.5 Å². The summed E-state index contributed by atoms with van der Waals surface area (Å²) in [6.45, 7) is 1.81. The molecule has 0 saturated carbocycles. The lowest BCUT2D eigenvalue weighted by atomic mass is 9.97. The molecule has 33 heavy (non-hydrogen) atoms. The zero-order chi connectivity index (χ0) is 23.6. The number of aryl methyl sites for hydroxylation is 1. The van der Waals surface area contributed by atoms with E-state index in [2.05, 4.69) is 15.5 Å². The summed E-state index contributed by atoms with van der Waals surface area (Å²) < 4.78 is 32.9. The van der Waals surface area contributed by atoms with Crippen LogP contribution in [0.5, 0.6) is 0 Å². The Hall–Kier alpha value is -3.64. The number of rotatable bonds is 6. The average molecular weight is 471 g/mol. The van der Waals surface area contributed by atoms with Crippen molar-refractivity contribution in [3.8, 4) is 11.5 Å². The molecule has 11 nitrogen and oxygen atoms in total. The fraction of sp³-hybridized carbons (Fsp3) is 0.286. The van der Waals surface area contributed by atoms with Crippen molar-refractivity contribution in [2.75, 3.05) is 18.4 Å². The SMILES string of the molecule is Cc1ccc([N+](=O)[O-])cc1S(=O)(=O)N1CCC(C(=O)Nc2nnc(-c3ccccc3)o2)CC1. The first-order valence-corrected chi connectivity index (χ1v) is 11.6. The van der Waals surface area contributed by atoms with E-state index >= 15 is 0 Å². The molecule has 1 saturated heterocycles. The third-order valence-electron chi connectivity index (χ3n) is 5.50. The predicted octanol–water partition coefficient (Wildman–Crippen LogP) is 2.99. The Kier molecular flexibility index (Phi) is 6.20. The molecule has 2 aromatic carbocycles. The summed E-state index contributed by atoms with van der Waals surface area (Å²) in [5, 5.41) is 21.4. The van der Waals surface area contributed by atoms with Gasteiger partial charge in [-0.1, -0.05) is 29.4 Å². The number of hydrogen-bond acceptors (Lipinski definition) is 8. The summed E-state index contributed by atoms with van der Waals surface area (Å²) in [4.78, 5) is 23.0. The molecule has 0 bridgehead atoms. The van der Waals surface area contributed by atoms with Gasteiger partial charge in [0.15, 0.2) is 0 Å². The van der Waals surface area contributed by atoms with Crippen molar-refractivity contribution in [2.24, 2.45) is 5.92 Å². The molecule has 12 heteroatoms. The molecular weight excluding hydrogens is 450 g/mol. The van der Waals surface area contributed by atoms with E-state index in [4.69, 9.17) is 4.42 Å². The van der Waals surface area contributed by atoms with Crippen LogP contribution in [0.3, 0.4) is 0 Å². The van der Waals surface area contributed by atoms with Crippen LogP contribution < -0.4 is 5.32 Å². The standard InChI is InChI=1S/C21H21N5O6S/c1-14-7-8-17(26(28)29)13-18(14)33(30,31)25-11-9-15(10-12-25)19(27)22-21-24-23-20(32-21)16-5-3-2-4-6-16/h2-8,13,15H,9-12H2,1H3,(H,22,24,27). The summed E-state index contributed by atoms with van der Waals surface area (Å²) in [7, 11) is -3.93. The lowest BCUT2D eigenvalue weighted by Crippen LogP contribution is -2.41. The highest BCUT2D eigenvalue weighted by atomic mass is 32.2. The highest BCUT2D eigenvalue weighted by Crippen LogP contribution is 2.29. The molecule has 1 amide bonds. The monoisotopic (exact) mass is 471 g/mol. The Bertz CT molecular complexity index is 1280. The molecule has 1 aromatic heterocycles. The summed E-state index contributed by atoms with van der Waals surface area (Å²) in [5.74, 6) is -0.490. The third-order valence-corrected chi connectivity index (χ3v) is 7.54. The van der Waals surface area contributed by atoms with E-state index in [-0.39, 0.29) is 41.5 Å². The minimum absolute atomic E-state index is 0.0267. The number of nitrogens with zero attached hydrogens (tertiary/aromatic N) is 4. The molecule has 3 aromatic rings. The molecule has 2 heterocycles. The third kappa shape index (κ3) is 4.76. The van der Waals surface area contributed by atoms with Gasteiger partial charge in [-0.25, -0.2) is 8.42 Å². The fourth-order valence-corrected chi connectivity index (χ4v) is 5.37. The normalized spacial score (nSPS) is 15.3. The van der Waals surface area contributed by atoms with Crippen molar-refractivity contribution in [3.63, 3.8) is 0 Å². The summed E-state index contributed by atoms with van der Waals surface area (Å²) in [5.41, 5.74) is 0.856. The Morgan fingerprint density at radius 1 is 1.15 bits per heavy atom. The number of benzene rings is 2. The van der Waals surface area contributed by atoms with Gasteiger partial charge in [-0.05, 0) is 37.5 Å². The Morgan fingerprint density at radius 3 is 2.52 bits per heavy atom. The number of nitro groups is 1. The van der Waals surface area contributed by atoms with Crippen LogP contribution in [-0.2, 0) is 14.8 Å². The van der Waals surface area contributed by atoms with Gasteiger partial charge >= 0.3 is 6.01 Å². The number of carbonyl (C=O) groups excluding carboxylic acids is 1.